The summed E-state index contributed by atoms with van der Waals surface area (Å²) in [4.78, 5) is 23.6. The number of aromatic carboxylic acids is 1. The maximum Gasteiger partial charge on any atom is 0.335 e. The van der Waals surface area contributed by atoms with Crippen molar-refractivity contribution < 1.29 is 19.4 Å². The minimum atomic E-state index is -0.995. The van der Waals surface area contributed by atoms with E-state index in [0.717, 1.165) is 11.1 Å². The van der Waals surface area contributed by atoms with E-state index in [4.69, 9.17) is 9.84 Å². The van der Waals surface area contributed by atoms with E-state index in [1.54, 1.807) is 12.1 Å². The quantitative estimate of drug-likeness (QED) is 0.762. The summed E-state index contributed by atoms with van der Waals surface area (Å²) in [5, 5.41) is 12.0. The molecular weight excluding hydrogens is 330 g/mol. The second-order valence-electron chi connectivity index (χ2n) is 6.88. The van der Waals surface area contributed by atoms with Crippen LogP contribution in [-0.2, 0) is 17.6 Å². The molecule has 0 aliphatic rings. The predicted molar refractivity (Wildman–Crippen MR) is 101 cm³/mol. The fourth-order valence-corrected chi connectivity index (χ4v) is 2.82. The third-order valence-electron chi connectivity index (χ3n) is 4.32. The summed E-state index contributed by atoms with van der Waals surface area (Å²) in [6.45, 7) is 4.31. The number of hydrogen-bond acceptors (Lipinski definition) is 3. The van der Waals surface area contributed by atoms with Crippen molar-refractivity contribution >= 4 is 11.9 Å². The minimum Gasteiger partial charge on any atom is -0.496 e. The molecule has 26 heavy (non-hydrogen) atoms. The van der Waals surface area contributed by atoms with Gasteiger partial charge >= 0.3 is 5.97 Å². The number of carboxylic acids is 1. The first-order valence-corrected chi connectivity index (χ1v) is 8.56. The molecule has 5 heteroatoms. The first-order chi connectivity index (χ1) is 12.3. The second-order valence-corrected chi connectivity index (χ2v) is 6.88. The molecule has 1 amide bonds. The highest BCUT2D eigenvalue weighted by molar-refractivity contribution is 5.88. The molecule has 2 aromatic carbocycles. The van der Waals surface area contributed by atoms with E-state index in [9.17, 15) is 9.59 Å². The van der Waals surface area contributed by atoms with Crippen LogP contribution in [0.5, 0.6) is 5.75 Å². The Morgan fingerprint density at radius 1 is 1.12 bits per heavy atom. The van der Waals surface area contributed by atoms with Gasteiger partial charge in [0.1, 0.15) is 5.75 Å². The van der Waals surface area contributed by atoms with E-state index in [2.05, 4.69) is 5.32 Å². The lowest BCUT2D eigenvalue weighted by molar-refractivity contribution is -0.129. The molecule has 0 heterocycles. The van der Waals surface area contributed by atoms with Gasteiger partial charge in [0.05, 0.1) is 12.7 Å². The van der Waals surface area contributed by atoms with Gasteiger partial charge in [-0.05, 0) is 36.1 Å². The topological polar surface area (TPSA) is 75.6 Å². The molecule has 0 bridgehead atoms. The van der Waals surface area contributed by atoms with Crippen LogP contribution in [0.1, 0.15) is 35.3 Å². The van der Waals surface area contributed by atoms with Crippen molar-refractivity contribution in [3.8, 4) is 5.75 Å². The van der Waals surface area contributed by atoms with E-state index in [0.29, 0.717) is 25.1 Å². The first-order valence-electron chi connectivity index (χ1n) is 8.56. The number of carboxylic acid groups (broad SMARTS) is 1. The van der Waals surface area contributed by atoms with Crippen LogP contribution in [0.25, 0.3) is 0 Å². The normalized spacial score (nSPS) is 11.0. The van der Waals surface area contributed by atoms with Crippen LogP contribution in [0.2, 0.25) is 0 Å². The van der Waals surface area contributed by atoms with Gasteiger partial charge in [-0.1, -0.05) is 50.2 Å². The van der Waals surface area contributed by atoms with Gasteiger partial charge in [0.15, 0.2) is 0 Å². The Balaban J connectivity index is 1.94. The summed E-state index contributed by atoms with van der Waals surface area (Å²) >= 11 is 0. The summed E-state index contributed by atoms with van der Waals surface area (Å²) in [6, 6.07) is 14.7. The van der Waals surface area contributed by atoms with Crippen molar-refractivity contribution in [1.29, 1.82) is 0 Å². The highest BCUT2D eigenvalue weighted by atomic mass is 16.5. The van der Waals surface area contributed by atoms with Crippen molar-refractivity contribution in [2.24, 2.45) is 5.41 Å². The lowest BCUT2D eigenvalue weighted by atomic mass is 9.85. The molecule has 0 radical (unpaired) electrons. The van der Waals surface area contributed by atoms with Crippen molar-refractivity contribution in [1.82, 2.24) is 5.32 Å². The molecule has 0 saturated heterocycles. The molecule has 2 rings (SSSR count). The largest absolute Gasteiger partial charge is 0.496 e. The van der Waals surface area contributed by atoms with Crippen molar-refractivity contribution in [2.75, 3.05) is 13.7 Å². The highest BCUT2D eigenvalue weighted by Gasteiger charge is 2.27. The van der Waals surface area contributed by atoms with Gasteiger partial charge in [-0.15, -0.1) is 0 Å². The number of rotatable bonds is 8. The van der Waals surface area contributed by atoms with Crippen LogP contribution in [0, 0.1) is 5.41 Å². The SMILES string of the molecule is COc1cc(C(=O)O)ccc1CCNC(=O)C(C)(C)Cc1ccccc1. The molecule has 0 saturated carbocycles. The zero-order valence-electron chi connectivity index (χ0n) is 15.4. The van der Waals surface area contributed by atoms with Crippen LogP contribution in [-0.4, -0.2) is 30.6 Å². The van der Waals surface area contributed by atoms with Crippen LogP contribution >= 0.6 is 0 Å². The van der Waals surface area contributed by atoms with Gasteiger partial charge in [0.2, 0.25) is 5.91 Å². The molecule has 2 aromatic rings. The van der Waals surface area contributed by atoms with Gasteiger partial charge in [-0.3, -0.25) is 4.79 Å². The maximum absolute atomic E-state index is 12.5. The standard InChI is InChI=1S/C21H25NO4/c1-21(2,14-15-7-5-4-6-8-15)20(25)22-12-11-16-9-10-17(19(23)24)13-18(16)26-3/h4-10,13H,11-12,14H2,1-3H3,(H,22,25)(H,23,24). The van der Waals surface area contributed by atoms with Gasteiger partial charge in [0.25, 0.3) is 0 Å². The number of benzene rings is 2. The third kappa shape index (κ3) is 5.09. The van der Waals surface area contributed by atoms with Gasteiger partial charge in [0, 0.05) is 12.0 Å². The van der Waals surface area contributed by atoms with E-state index in [-0.39, 0.29) is 11.5 Å². The van der Waals surface area contributed by atoms with E-state index >= 15 is 0 Å². The minimum absolute atomic E-state index is 0.0116. The zero-order chi connectivity index (χ0) is 19.2. The summed E-state index contributed by atoms with van der Waals surface area (Å²) in [5.41, 5.74) is 1.65. The molecule has 0 fully saturated rings. The summed E-state index contributed by atoms with van der Waals surface area (Å²) < 4.78 is 5.26. The third-order valence-corrected chi connectivity index (χ3v) is 4.32. The number of carbonyl (C=O) groups excluding carboxylic acids is 1. The fourth-order valence-electron chi connectivity index (χ4n) is 2.82. The number of ether oxygens (including phenoxy) is 1. The van der Waals surface area contributed by atoms with Gasteiger partial charge in [-0.2, -0.15) is 0 Å². The Morgan fingerprint density at radius 2 is 1.81 bits per heavy atom. The highest BCUT2D eigenvalue weighted by Crippen LogP contribution is 2.23. The average molecular weight is 355 g/mol. The molecule has 138 valence electrons. The van der Waals surface area contributed by atoms with E-state index in [1.165, 1.54) is 13.2 Å². The molecule has 0 aromatic heterocycles. The summed E-state index contributed by atoms with van der Waals surface area (Å²) in [5.74, 6) is -0.490. The lowest BCUT2D eigenvalue weighted by Gasteiger charge is -2.24. The Hall–Kier alpha value is -2.82. The monoisotopic (exact) mass is 355 g/mol. The number of carbonyl (C=O) groups is 2. The Labute approximate surface area is 154 Å². The van der Waals surface area contributed by atoms with Crippen LogP contribution in [0.3, 0.4) is 0 Å². The smallest absolute Gasteiger partial charge is 0.335 e. The molecular formula is C21H25NO4. The number of nitrogens with one attached hydrogen (secondary N) is 1. The number of amides is 1. The molecule has 5 nitrogen and oxygen atoms in total. The maximum atomic E-state index is 12.5. The van der Waals surface area contributed by atoms with Gasteiger partial charge in [-0.25, -0.2) is 4.79 Å². The first kappa shape index (κ1) is 19.5. The van der Waals surface area contributed by atoms with Crippen molar-refractivity contribution in [2.45, 2.75) is 26.7 Å². The van der Waals surface area contributed by atoms with Crippen LogP contribution in [0.4, 0.5) is 0 Å². The number of hydrogen-bond donors (Lipinski definition) is 2. The molecule has 0 aliphatic heterocycles. The average Bonchev–Trinajstić information content (AvgIpc) is 2.62. The van der Waals surface area contributed by atoms with E-state index < -0.39 is 11.4 Å². The van der Waals surface area contributed by atoms with Gasteiger partial charge < -0.3 is 15.2 Å². The molecule has 0 aliphatic carbocycles. The summed E-state index contributed by atoms with van der Waals surface area (Å²) in [6.07, 6.45) is 1.23. The number of methoxy groups -OCH3 is 1. The molecule has 0 unspecified atom stereocenters. The predicted octanol–water partition coefficient (Wildman–Crippen LogP) is 3.32. The van der Waals surface area contributed by atoms with E-state index in [1.807, 2.05) is 44.2 Å². The molecule has 0 atom stereocenters. The van der Waals surface area contributed by atoms with Crippen LogP contribution < -0.4 is 10.1 Å². The van der Waals surface area contributed by atoms with Crippen molar-refractivity contribution in [3.05, 3.63) is 65.2 Å². The molecule has 0 spiro atoms. The fraction of sp³-hybridized carbons (Fsp3) is 0.333. The lowest BCUT2D eigenvalue weighted by Crippen LogP contribution is -2.39. The molecule has 2 N–H and O–H groups in total. The van der Waals surface area contributed by atoms with Crippen molar-refractivity contribution in [3.63, 3.8) is 0 Å². The zero-order valence-corrected chi connectivity index (χ0v) is 15.4. The van der Waals surface area contributed by atoms with Crippen LogP contribution in [0.15, 0.2) is 48.5 Å². The Kier molecular flexibility index (Phi) is 6.39. The second kappa shape index (κ2) is 8.52. The summed E-state index contributed by atoms with van der Waals surface area (Å²) in [7, 11) is 1.51. The Bertz CT molecular complexity index is 769. The Morgan fingerprint density at radius 3 is 2.42 bits per heavy atom.